The Morgan fingerprint density at radius 3 is 2.00 bits per heavy atom. The van der Waals surface area contributed by atoms with Crippen LogP contribution in [-0.2, 0) is 52.9 Å². The number of nitrogens with zero attached hydrogens (tertiary/aromatic N) is 2. The molecule has 308 valence electrons. The number of rotatable bonds is 20. The highest BCUT2D eigenvalue weighted by Gasteiger charge is 2.42. The summed E-state index contributed by atoms with van der Waals surface area (Å²) in [6.45, 7) is 4.75. The van der Waals surface area contributed by atoms with Gasteiger partial charge in [-0.15, -0.1) is 0 Å². The van der Waals surface area contributed by atoms with E-state index in [-0.39, 0.29) is 38.8 Å². The number of nitrogens with one attached hydrogen (secondary N) is 5. The summed E-state index contributed by atoms with van der Waals surface area (Å²) in [5.74, 6) is 0.683. The van der Waals surface area contributed by atoms with Crippen LogP contribution in [0.1, 0.15) is 63.3 Å². The third-order valence-corrected chi connectivity index (χ3v) is 8.25. The number of aromatic amines is 1. The van der Waals surface area contributed by atoms with Gasteiger partial charge >= 0.3 is 12.2 Å². The number of H-pyrrole nitrogens is 1. The van der Waals surface area contributed by atoms with Crippen LogP contribution in [0.5, 0.6) is 0 Å². The summed E-state index contributed by atoms with van der Waals surface area (Å²) in [7, 11) is 0. The van der Waals surface area contributed by atoms with Gasteiger partial charge in [0.05, 0.1) is 18.4 Å². The van der Waals surface area contributed by atoms with Gasteiger partial charge in [-0.25, -0.2) is 25.3 Å². The van der Waals surface area contributed by atoms with Gasteiger partial charge in [0, 0.05) is 19.0 Å². The molecule has 0 spiro atoms. The van der Waals surface area contributed by atoms with Gasteiger partial charge < -0.3 is 41.9 Å². The molecule has 7 amide bonds. The molecule has 0 bridgehead atoms. The zero-order chi connectivity index (χ0) is 42.0. The number of alkyl carbamates (subject to hydrolysis) is 1. The van der Waals surface area contributed by atoms with Crippen molar-refractivity contribution in [2.45, 2.75) is 95.7 Å². The van der Waals surface area contributed by atoms with Crippen LogP contribution in [0.25, 0.3) is 0 Å². The van der Waals surface area contributed by atoms with Crippen LogP contribution in [-0.4, -0.2) is 92.9 Å². The van der Waals surface area contributed by atoms with Crippen molar-refractivity contribution in [1.82, 2.24) is 36.2 Å². The van der Waals surface area contributed by atoms with Crippen molar-refractivity contribution in [2.24, 2.45) is 17.3 Å². The van der Waals surface area contributed by atoms with Gasteiger partial charge in [0.15, 0.2) is 0 Å². The second kappa shape index (κ2) is 22.3. The summed E-state index contributed by atoms with van der Waals surface area (Å²) in [5.41, 5.74) is 13.6. The molecule has 3 aromatic rings. The highest BCUT2D eigenvalue weighted by atomic mass is 16.6. The molecule has 0 aliphatic carbocycles. The first-order valence-electron chi connectivity index (χ1n) is 18.3. The van der Waals surface area contributed by atoms with Crippen molar-refractivity contribution in [3.05, 3.63) is 90.0 Å². The summed E-state index contributed by atoms with van der Waals surface area (Å²) >= 11 is 0. The van der Waals surface area contributed by atoms with Crippen molar-refractivity contribution in [2.75, 3.05) is 6.54 Å². The summed E-state index contributed by atoms with van der Waals surface area (Å²) in [6, 6.07) is 11.0. The molecule has 1 aromatic heterocycles. The van der Waals surface area contributed by atoms with E-state index in [4.69, 9.17) is 26.8 Å². The maximum absolute atomic E-state index is 14.8. The Morgan fingerprint density at radius 1 is 0.807 bits per heavy atom. The molecule has 0 unspecified atom stereocenters. The van der Waals surface area contributed by atoms with Crippen LogP contribution in [0.15, 0.2) is 73.2 Å². The average Bonchev–Trinajstić information content (AvgIpc) is 3.68. The van der Waals surface area contributed by atoms with E-state index >= 15 is 0 Å². The maximum Gasteiger partial charge on any atom is 0.417 e. The Kier molecular flexibility index (Phi) is 17.6. The molecule has 0 radical (unpaired) electrons. The van der Waals surface area contributed by atoms with Crippen molar-refractivity contribution in [1.29, 1.82) is 0 Å². The van der Waals surface area contributed by atoms with E-state index in [1.807, 2.05) is 5.43 Å². The summed E-state index contributed by atoms with van der Waals surface area (Å²) in [6.07, 6.45) is 0.141. The molecule has 11 N–H and O–H groups in total. The molecule has 0 saturated heterocycles. The second-order valence-electron chi connectivity index (χ2n) is 14.0. The highest BCUT2D eigenvalue weighted by molar-refractivity contribution is 6.03. The third-order valence-electron chi connectivity index (χ3n) is 8.25. The lowest BCUT2D eigenvalue weighted by Crippen LogP contribution is -2.62. The average molecular weight is 793 g/mol. The fourth-order valence-corrected chi connectivity index (χ4v) is 5.52. The Balaban J connectivity index is 2.04. The standard InChI is InChI=1S/C38H52N10O9/c1-38(2,3)57-37(55)48(30(18-24-12-6-4-7-13-24)34(52)45-28(33(51)47-41)19-26-21-42-23-43-26)35(53)27(16-10-11-17-39)44-32(50)29(20-31(40)49)46-36(54)56-22-25-14-8-5-9-15-25/h4-9,12-15,21,23,27-30H,10-11,16-20,22,39,41H2,1-3H3,(H2,40,49)(H,42,43)(H,44,50)(H,45,52)(H,46,54)(H,47,51)/t27-,28-,29-,30-/m0/s1. The molecular formula is C38H52N10O9. The number of amides is 7. The van der Waals surface area contributed by atoms with Crippen LogP contribution in [0.4, 0.5) is 9.59 Å². The number of primary amides is 1. The van der Waals surface area contributed by atoms with Crippen molar-refractivity contribution >= 4 is 41.7 Å². The molecule has 0 aliphatic rings. The predicted molar refractivity (Wildman–Crippen MR) is 206 cm³/mol. The molecule has 19 heteroatoms. The van der Waals surface area contributed by atoms with Crippen LogP contribution in [0.2, 0.25) is 0 Å². The number of hydrazine groups is 1. The SMILES string of the molecule is CC(C)(C)OC(=O)N(C(=O)[C@H](CCCCN)NC(=O)[C@H](CC(N)=O)NC(=O)OCc1ccccc1)[C@@H](Cc1ccccc1)C(=O)N[C@@H](Cc1c[nH]cn1)C(=O)NN. The summed E-state index contributed by atoms with van der Waals surface area (Å²) in [4.78, 5) is 102. The lowest BCUT2D eigenvalue weighted by atomic mass is 10.0. The number of unbranched alkanes of at least 4 members (excludes halogenated alkanes) is 1. The van der Waals surface area contributed by atoms with Crippen LogP contribution in [0, 0.1) is 0 Å². The molecule has 0 aliphatic heterocycles. The molecule has 4 atom stereocenters. The van der Waals surface area contributed by atoms with Gasteiger partial charge in [0.25, 0.3) is 11.8 Å². The highest BCUT2D eigenvalue weighted by Crippen LogP contribution is 2.19. The van der Waals surface area contributed by atoms with Crippen LogP contribution in [0.3, 0.4) is 0 Å². The van der Waals surface area contributed by atoms with E-state index < -0.39 is 77.9 Å². The zero-order valence-corrected chi connectivity index (χ0v) is 32.2. The van der Waals surface area contributed by atoms with E-state index in [2.05, 4.69) is 25.9 Å². The zero-order valence-electron chi connectivity index (χ0n) is 32.2. The molecule has 19 nitrogen and oxygen atoms in total. The van der Waals surface area contributed by atoms with E-state index in [0.717, 1.165) is 0 Å². The van der Waals surface area contributed by atoms with E-state index in [9.17, 15) is 33.6 Å². The lowest BCUT2D eigenvalue weighted by Gasteiger charge is -2.34. The van der Waals surface area contributed by atoms with Crippen molar-refractivity contribution in [3.63, 3.8) is 0 Å². The van der Waals surface area contributed by atoms with Gasteiger partial charge in [0.2, 0.25) is 17.7 Å². The Hall–Kier alpha value is -6.34. The fraction of sp³-hybridized carbons (Fsp3) is 0.421. The van der Waals surface area contributed by atoms with E-state index in [0.29, 0.717) is 28.1 Å². The molecule has 2 aromatic carbocycles. The normalized spacial score (nSPS) is 13.1. The van der Waals surface area contributed by atoms with Crippen molar-refractivity contribution < 1.29 is 43.0 Å². The number of hydrogen-bond acceptors (Lipinski definition) is 12. The topological polar surface area (TPSA) is 296 Å². The maximum atomic E-state index is 14.8. The third kappa shape index (κ3) is 15.4. The predicted octanol–water partition coefficient (Wildman–Crippen LogP) is 0.586. The van der Waals surface area contributed by atoms with Crippen LogP contribution >= 0.6 is 0 Å². The van der Waals surface area contributed by atoms with Gasteiger partial charge in [-0.1, -0.05) is 60.7 Å². The lowest BCUT2D eigenvalue weighted by molar-refractivity contribution is -0.143. The molecule has 0 saturated carbocycles. The number of benzene rings is 2. The second-order valence-corrected chi connectivity index (χ2v) is 14.0. The number of nitrogens with two attached hydrogens (primary N) is 3. The quantitative estimate of drug-likeness (QED) is 0.0338. The summed E-state index contributed by atoms with van der Waals surface area (Å²) < 4.78 is 10.9. The number of carbonyl (C=O) groups excluding carboxylic acids is 7. The molecule has 0 fully saturated rings. The number of imide groups is 1. The van der Waals surface area contributed by atoms with Crippen molar-refractivity contribution in [3.8, 4) is 0 Å². The van der Waals surface area contributed by atoms with E-state index in [1.165, 1.54) is 12.5 Å². The first-order valence-corrected chi connectivity index (χ1v) is 18.3. The molecule has 1 heterocycles. The number of imidazole rings is 1. The Bertz CT molecular complexity index is 1790. The molecule has 57 heavy (non-hydrogen) atoms. The number of ether oxygens (including phenoxy) is 2. The fourth-order valence-electron chi connectivity index (χ4n) is 5.52. The van der Waals surface area contributed by atoms with Gasteiger partial charge in [-0.2, -0.15) is 0 Å². The van der Waals surface area contributed by atoms with E-state index in [1.54, 1.807) is 81.4 Å². The van der Waals surface area contributed by atoms with Gasteiger partial charge in [-0.3, -0.25) is 29.4 Å². The number of hydrogen-bond donors (Lipinski definition) is 8. The minimum Gasteiger partial charge on any atom is -0.445 e. The minimum atomic E-state index is -1.66. The Morgan fingerprint density at radius 2 is 1.44 bits per heavy atom. The smallest absolute Gasteiger partial charge is 0.417 e. The van der Waals surface area contributed by atoms with Gasteiger partial charge in [-0.05, 0) is 57.7 Å². The summed E-state index contributed by atoms with van der Waals surface area (Å²) in [5, 5.41) is 7.44. The largest absolute Gasteiger partial charge is 0.445 e. The molecular weight excluding hydrogens is 740 g/mol. The van der Waals surface area contributed by atoms with Gasteiger partial charge in [0.1, 0.15) is 36.4 Å². The van der Waals surface area contributed by atoms with Crippen LogP contribution < -0.4 is 38.7 Å². The first-order chi connectivity index (χ1) is 27.1. The monoisotopic (exact) mass is 792 g/mol. The Labute approximate surface area is 330 Å². The minimum absolute atomic E-state index is 0.0974. The number of carbonyl (C=O) groups is 7. The first kappa shape index (κ1) is 45.1. The molecule has 3 rings (SSSR count). The number of aromatic nitrogens is 2.